The lowest BCUT2D eigenvalue weighted by Gasteiger charge is -2.37. The molecule has 1 fully saturated rings. The summed E-state index contributed by atoms with van der Waals surface area (Å²) in [7, 11) is 0. The standard InChI is InChI=1S/C35H38N2O.4CH4/c38-35-27(9-1-7-25-21-29-11-3-17-36-18-4-12-30(22-25)33(29)36)15-16-28(35)10-2-8-26-23-31-13-5-19-37-20-6-14-32(24-26)34(31)37;;;;/h1-2,7-10,21-24H,3-6,11-20H2;4*1H4. The molecule has 0 spiro atoms. The molecule has 1 aliphatic carbocycles. The van der Waals surface area contributed by atoms with Gasteiger partial charge in [0.15, 0.2) is 5.78 Å². The minimum atomic E-state index is 0. The monoisotopic (exact) mass is 566 g/mol. The summed E-state index contributed by atoms with van der Waals surface area (Å²) in [6.45, 7) is 4.84. The van der Waals surface area contributed by atoms with Gasteiger partial charge in [-0.05, 0) is 122 Å². The number of aryl methyl sites for hydroxylation is 4. The molecule has 2 aromatic carbocycles. The third kappa shape index (κ3) is 6.36. The minimum Gasteiger partial charge on any atom is -0.371 e. The molecule has 226 valence electrons. The fraction of sp³-hybridized carbons (Fsp3) is 0.462. The van der Waals surface area contributed by atoms with Crippen LogP contribution >= 0.6 is 0 Å². The number of hydrogen-bond donors (Lipinski definition) is 0. The summed E-state index contributed by atoms with van der Waals surface area (Å²) < 4.78 is 0. The van der Waals surface area contributed by atoms with Crippen molar-refractivity contribution >= 4 is 29.3 Å². The second-order valence-corrected chi connectivity index (χ2v) is 11.7. The van der Waals surface area contributed by atoms with E-state index in [0.29, 0.717) is 0 Å². The van der Waals surface area contributed by atoms with Crippen molar-refractivity contribution in [2.24, 2.45) is 0 Å². The van der Waals surface area contributed by atoms with E-state index in [2.05, 4.69) is 58.4 Å². The first-order valence-electron chi connectivity index (χ1n) is 14.8. The van der Waals surface area contributed by atoms with Gasteiger partial charge in [0.2, 0.25) is 0 Å². The van der Waals surface area contributed by atoms with Crippen molar-refractivity contribution in [2.75, 3.05) is 36.0 Å². The summed E-state index contributed by atoms with van der Waals surface area (Å²) in [4.78, 5) is 18.2. The highest BCUT2D eigenvalue weighted by Crippen LogP contribution is 2.37. The van der Waals surface area contributed by atoms with Crippen LogP contribution in [0.4, 0.5) is 11.4 Å². The highest BCUT2D eigenvalue weighted by Gasteiger charge is 2.25. The summed E-state index contributed by atoms with van der Waals surface area (Å²) in [5.41, 5.74) is 13.5. The molecule has 0 amide bonds. The molecule has 0 unspecified atom stereocenters. The van der Waals surface area contributed by atoms with E-state index in [1.165, 1.54) is 122 Å². The van der Waals surface area contributed by atoms with Crippen molar-refractivity contribution in [1.29, 1.82) is 0 Å². The summed E-state index contributed by atoms with van der Waals surface area (Å²) in [5, 5.41) is 0. The first-order valence-corrected chi connectivity index (χ1v) is 14.8. The van der Waals surface area contributed by atoms with Crippen molar-refractivity contribution in [2.45, 2.75) is 93.9 Å². The van der Waals surface area contributed by atoms with Crippen LogP contribution in [0.15, 0.2) is 59.7 Å². The number of allylic oxidation sites excluding steroid dienone is 6. The Labute approximate surface area is 256 Å². The zero-order valence-electron chi connectivity index (χ0n) is 22.5. The normalized spacial score (nSPS) is 20.5. The maximum atomic E-state index is 13.0. The number of rotatable bonds is 4. The fourth-order valence-electron chi connectivity index (χ4n) is 7.42. The average Bonchev–Trinajstić information content (AvgIpc) is 3.28. The van der Waals surface area contributed by atoms with Crippen LogP contribution < -0.4 is 9.80 Å². The molecule has 5 aliphatic rings. The fourth-order valence-corrected chi connectivity index (χ4v) is 7.42. The van der Waals surface area contributed by atoms with Crippen molar-refractivity contribution < 1.29 is 4.79 Å². The van der Waals surface area contributed by atoms with Gasteiger partial charge in [-0.15, -0.1) is 0 Å². The van der Waals surface area contributed by atoms with Crippen LogP contribution in [0.1, 0.15) is 102 Å². The van der Waals surface area contributed by atoms with Gasteiger partial charge in [-0.2, -0.15) is 0 Å². The number of hydrogen-bond acceptors (Lipinski definition) is 3. The van der Waals surface area contributed by atoms with E-state index in [9.17, 15) is 4.79 Å². The van der Waals surface area contributed by atoms with E-state index in [1.54, 1.807) is 0 Å². The van der Waals surface area contributed by atoms with E-state index in [1.807, 2.05) is 12.2 Å². The number of carbonyl (C=O) groups is 1. The smallest absolute Gasteiger partial charge is 0.185 e. The molecule has 0 aromatic heterocycles. The molecule has 4 heterocycles. The average molecular weight is 567 g/mol. The van der Waals surface area contributed by atoms with Gasteiger partial charge in [0.1, 0.15) is 0 Å². The highest BCUT2D eigenvalue weighted by atomic mass is 16.1. The Morgan fingerprint density at radius 2 is 0.833 bits per heavy atom. The minimum absolute atomic E-state index is 0. The quantitative estimate of drug-likeness (QED) is 0.344. The third-order valence-corrected chi connectivity index (χ3v) is 9.13. The van der Waals surface area contributed by atoms with Crippen molar-refractivity contribution in [3.05, 3.63) is 93.1 Å². The van der Waals surface area contributed by atoms with Gasteiger partial charge in [-0.1, -0.05) is 66.2 Å². The highest BCUT2D eigenvalue weighted by molar-refractivity contribution is 6.11. The van der Waals surface area contributed by atoms with Gasteiger partial charge in [0.25, 0.3) is 0 Å². The molecule has 42 heavy (non-hydrogen) atoms. The second-order valence-electron chi connectivity index (χ2n) is 11.7. The van der Waals surface area contributed by atoms with E-state index >= 15 is 0 Å². The molecule has 4 aliphatic heterocycles. The zero-order valence-corrected chi connectivity index (χ0v) is 22.5. The summed E-state index contributed by atoms with van der Waals surface area (Å²) in [5.74, 6) is 0.214. The van der Waals surface area contributed by atoms with Gasteiger partial charge in [-0.25, -0.2) is 0 Å². The topological polar surface area (TPSA) is 23.6 Å². The van der Waals surface area contributed by atoms with Crippen LogP contribution in [-0.2, 0) is 30.5 Å². The first-order chi connectivity index (χ1) is 18.7. The molecular formula is C39H54N2O. The number of benzene rings is 2. The Morgan fingerprint density at radius 3 is 1.17 bits per heavy atom. The Hall–Kier alpha value is -3.33. The molecule has 0 atom stereocenters. The van der Waals surface area contributed by atoms with Crippen LogP contribution in [0, 0.1) is 0 Å². The van der Waals surface area contributed by atoms with Crippen LogP contribution in [0.25, 0.3) is 12.2 Å². The Balaban J connectivity index is 0.00000121. The van der Waals surface area contributed by atoms with Gasteiger partial charge in [0.05, 0.1) is 0 Å². The van der Waals surface area contributed by atoms with Crippen molar-refractivity contribution in [3.63, 3.8) is 0 Å². The van der Waals surface area contributed by atoms with E-state index in [0.717, 1.165) is 24.0 Å². The predicted octanol–water partition coefficient (Wildman–Crippen LogP) is 9.57. The number of ketones is 1. The third-order valence-electron chi connectivity index (χ3n) is 9.13. The summed E-state index contributed by atoms with van der Waals surface area (Å²) >= 11 is 0. The Kier molecular flexibility index (Phi) is 11.2. The zero-order chi connectivity index (χ0) is 25.5. The van der Waals surface area contributed by atoms with E-state index < -0.39 is 0 Å². The Bertz CT molecular complexity index is 1240. The predicted molar refractivity (Wildman–Crippen MR) is 186 cm³/mol. The van der Waals surface area contributed by atoms with Crippen molar-refractivity contribution in [1.82, 2.24) is 0 Å². The van der Waals surface area contributed by atoms with E-state index in [-0.39, 0.29) is 35.5 Å². The largest absolute Gasteiger partial charge is 0.371 e. The molecule has 2 aromatic rings. The van der Waals surface area contributed by atoms with Crippen molar-refractivity contribution in [3.8, 4) is 0 Å². The van der Waals surface area contributed by atoms with Crippen LogP contribution in [0.3, 0.4) is 0 Å². The summed E-state index contributed by atoms with van der Waals surface area (Å²) in [6.07, 6.45) is 24.1. The first kappa shape index (κ1) is 33.2. The molecule has 0 bridgehead atoms. The molecule has 0 N–H and O–H groups in total. The van der Waals surface area contributed by atoms with Crippen LogP contribution in [-0.4, -0.2) is 32.0 Å². The van der Waals surface area contributed by atoms with Gasteiger partial charge in [-0.3, -0.25) is 4.79 Å². The van der Waals surface area contributed by atoms with Crippen LogP contribution in [0.2, 0.25) is 0 Å². The van der Waals surface area contributed by atoms with Gasteiger partial charge >= 0.3 is 0 Å². The maximum Gasteiger partial charge on any atom is 0.185 e. The molecule has 3 heteroatoms. The molecular weight excluding hydrogens is 512 g/mol. The lowest BCUT2D eigenvalue weighted by Crippen LogP contribution is -2.34. The number of Topliss-reactive ketones (excluding diaryl/α,β-unsaturated/α-hetero) is 1. The maximum absolute atomic E-state index is 13.0. The SMILES string of the molecule is C.C.C.C.O=C1C(=CC=Cc2cc3c4c(c2)CCCN4CCC3)CCC1=CC=Cc1cc2c3c(c1)CCCN3CCC2. The Morgan fingerprint density at radius 1 is 0.500 bits per heavy atom. The summed E-state index contributed by atoms with van der Waals surface area (Å²) in [6, 6.07) is 9.46. The van der Waals surface area contributed by atoms with Gasteiger partial charge < -0.3 is 9.80 Å². The molecule has 3 nitrogen and oxygen atoms in total. The molecule has 1 saturated carbocycles. The molecule has 0 saturated heterocycles. The molecule has 7 rings (SSSR count). The van der Waals surface area contributed by atoms with E-state index in [4.69, 9.17) is 0 Å². The van der Waals surface area contributed by atoms with Gasteiger partial charge in [0, 0.05) is 48.7 Å². The number of nitrogens with zero attached hydrogens (tertiary/aromatic N) is 2. The number of anilines is 2. The van der Waals surface area contributed by atoms with Crippen LogP contribution in [0.5, 0.6) is 0 Å². The second kappa shape index (κ2) is 14.2. The molecule has 0 radical (unpaired) electrons. The number of carbonyl (C=O) groups excluding carboxylic acids is 1. The lowest BCUT2D eigenvalue weighted by molar-refractivity contribution is -0.111. The lowest BCUT2D eigenvalue weighted by atomic mass is 9.90.